The van der Waals surface area contributed by atoms with Crippen molar-refractivity contribution < 1.29 is 32.0 Å². The summed E-state index contributed by atoms with van der Waals surface area (Å²) in [5, 5.41) is 0. The summed E-state index contributed by atoms with van der Waals surface area (Å²) >= 11 is 0. The third-order valence-corrected chi connectivity index (χ3v) is 3.63. The summed E-state index contributed by atoms with van der Waals surface area (Å²) < 4.78 is 38.5. The molecule has 7 nitrogen and oxygen atoms in total. The summed E-state index contributed by atoms with van der Waals surface area (Å²) in [5.41, 5.74) is 0.956. The van der Waals surface area contributed by atoms with Gasteiger partial charge in [0.15, 0.2) is 0 Å². The van der Waals surface area contributed by atoms with E-state index in [4.69, 9.17) is 4.55 Å². The number of unbranched alkanes of at least 4 members (excludes halogenated alkanes) is 1. The zero-order valence-corrected chi connectivity index (χ0v) is 14.8. The van der Waals surface area contributed by atoms with Gasteiger partial charge in [0.05, 0.1) is 17.4 Å². The lowest BCUT2D eigenvalue weighted by atomic mass is 10.2. The molecule has 0 aliphatic heterocycles. The molecule has 8 heteroatoms. The van der Waals surface area contributed by atoms with E-state index in [1.807, 2.05) is 6.92 Å². The highest BCUT2D eigenvalue weighted by Gasteiger charge is 2.06. The van der Waals surface area contributed by atoms with Gasteiger partial charge in [0.1, 0.15) is 0 Å². The van der Waals surface area contributed by atoms with Crippen LogP contribution < -0.4 is 0 Å². The third-order valence-electron chi connectivity index (χ3n) is 2.76. The lowest BCUT2D eigenvalue weighted by Crippen LogP contribution is -2.01. The zero-order chi connectivity index (χ0) is 19.3. The maximum absolute atomic E-state index is 10.8. The molecule has 0 aromatic heterocycles. The fourth-order valence-corrected chi connectivity index (χ4v) is 2.03. The number of carbonyl (C=O) groups excluding carboxylic acids is 2. The van der Waals surface area contributed by atoms with E-state index in [1.165, 1.54) is 12.1 Å². The Labute approximate surface area is 147 Å². The Hall–Kier alpha value is -2.45. The molecule has 0 amide bonds. The fourth-order valence-electron chi connectivity index (χ4n) is 1.55. The first-order valence-corrected chi connectivity index (χ1v) is 8.79. The molecular weight excluding hydrogens is 348 g/mol. The van der Waals surface area contributed by atoms with Gasteiger partial charge in [-0.2, -0.15) is 8.42 Å². The minimum atomic E-state index is -4.02. The molecule has 0 radical (unpaired) electrons. The van der Waals surface area contributed by atoms with Crippen LogP contribution in [-0.4, -0.2) is 24.9 Å². The molecule has 0 aliphatic rings. The summed E-state index contributed by atoms with van der Waals surface area (Å²) in [6.45, 7) is 8.35. The van der Waals surface area contributed by atoms with E-state index < -0.39 is 10.1 Å². The molecule has 1 aromatic rings. The topological polar surface area (TPSA) is 107 Å². The van der Waals surface area contributed by atoms with Gasteiger partial charge >= 0.3 is 11.9 Å². The average molecular weight is 370 g/mol. The third kappa shape index (κ3) is 11.7. The highest BCUT2D eigenvalue weighted by atomic mass is 32.2. The second-order valence-electron chi connectivity index (χ2n) is 4.81. The number of hydrogen-bond acceptors (Lipinski definition) is 6. The molecule has 138 valence electrons. The molecule has 0 atom stereocenters. The Morgan fingerprint density at radius 2 is 1.40 bits per heavy atom. The minimum Gasteiger partial charge on any atom is -0.435 e. The van der Waals surface area contributed by atoms with Crippen molar-refractivity contribution in [2.24, 2.45) is 0 Å². The number of rotatable bonds is 8. The summed E-state index contributed by atoms with van der Waals surface area (Å²) in [5.74, 6) is -0.672. The van der Waals surface area contributed by atoms with E-state index in [1.54, 1.807) is 12.1 Å². The molecule has 1 rings (SSSR count). The first-order valence-electron chi connectivity index (χ1n) is 7.35. The highest BCUT2D eigenvalue weighted by molar-refractivity contribution is 7.85. The molecule has 1 aromatic carbocycles. The molecule has 0 unspecified atom stereocenters. The number of ether oxygens (including phenoxy) is 2. The predicted octanol–water partition coefficient (Wildman–Crippen LogP) is 3.16. The monoisotopic (exact) mass is 370 g/mol. The fraction of sp³-hybridized carbons (Fsp3) is 0.294. The van der Waals surface area contributed by atoms with Crippen LogP contribution in [0.5, 0.6) is 0 Å². The Kier molecular flexibility index (Phi) is 10.8. The maximum atomic E-state index is 10.8. The van der Waals surface area contributed by atoms with E-state index in [0.29, 0.717) is 12.8 Å². The number of benzene rings is 1. The number of esters is 2. The molecule has 0 fully saturated rings. The smallest absolute Gasteiger partial charge is 0.310 e. The van der Waals surface area contributed by atoms with Crippen molar-refractivity contribution in [3.63, 3.8) is 0 Å². The molecule has 0 heterocycles. The summed E-state index contributed by atoms with van der Waals surface area (Å²) in [6.07, 6.45) is 3.95. The van der Waals surface area contributed by atoms with Crippen LogP contribution in [0.1, 0.15) is 31.2 Å². The molecule has 0 bridgehead atoms. The first kappa shape index (κ1) is 22.6. The Balaban J connectivity index is 0.000000472. The molecule has 0 aliphatic carbocycles. The lowest BCUT2D eigenvalue weighted by molar-refractivity contribution is -0.140. The SMILES string of the molecule is C=COC(=O)CCCCC(=O)OC=C.Cc1ccc(S(=O)(=O)O)cc1. The maximum Gasteiger partial charge on any atom is 0.310 e. The van der Waals surface area contributed by atoms with Gasteiger partial charge < -0.3 is 9.47 Å². The molecule has 0 saturated carbocycles. The minimum absolute atomic E-state index is 0.0666. The zero-order valence-electron chi connectivity index (χ0n) is 14.0. The highest BCUT2D eigenvalue weighted by Crippen LogP contribution is 2.08. The van der Waals surface area contributed by atoms with Crippen LogP contribution in [0, 0.1) is 6.92 Å². The standard InChI is InChI=1S/C10H14O4.C7H8O3S/c1-3-13-9(11)7-5-6-8-10(12)14-4-2;1-6-2-4-7(5-3-6)11(8,9)10/h3-4H,1-2,5-8H2;2-5H,1H3,(H,8,9,10). The van der Waals surface area contributed by atoms with Gasteiger partial charge in [0.2, 0.25) is 0 Å². The van der Waals surface area contributed by atoms with E-state index in [0.717, 1.165) is 18.1 Å². The second-order valence-corrected chi connectivity index (χ2v) is 6.23. The molecule has 1 N–H and O–H groups in total. The van der Waals surface area contributed by atoms with Gasteiger partial charge in [0, 0.05) is 12.8 Å². The van der Waals surface area contributed by atoms with Crippen LogP contribution in [0.4, 0.5) is 0 Å². The van der Waals surface area contributed by atoms with E-state index in [-0.39, 0.29) is 29.7 Å². The van der Waals surface area contributed by atoms with Crippen LogP contribution in [-0.2, 0) is 29.2 Å². The van der Waals surface area contributed by atoms with Crippen LogP contribution in [0.3, 0.4) is 0 Å². The van der Waals surface area contributed by atoms with Gasteiger partial charge in [-0.05, 0) is 31.9 Å². The van der Waals surface area contributed by atoms with Crippen molar-refractivity contribution >= 4 is 22.1 Å². The largest absolute Gasteiger partial charge is 0.435 e. The van der Waals surface area contributed by atoms with Crippen molar-refractivity contribution in [2.75, 3.05) is 0 Å². The molecule has 0 saturated heterocycles. The lowest BCUT2D eigenvalue weighted by Gasteiger charge is -1.99. The van der Waals surface area contributed by atoms with Crippen molar-refractivity contribution in [2.45, 2.75) is 37.5 Å². The van der Waals surface area contributed by atoms with Crippen LogP contribution >= 0.6 is 0 Å². The van der Waals surface area contributed by atoms with E-state index in [2.05, 4.69) is 22.6 Å². The molecule has 25 heavy (non-hydrogen) atoms. The van der Waals surface area contributed by atoms with Gasteiger partial charge in [-0.1, -0.05) is 30.9 Å². The number of aryl methyl sites for hydroxylation is 1. The first-order chi connectivity index (χ1) is 11.7. The van der Waals surface area contributed by atoms with Crippen molar-refractivity contribution in [1.29, 1.82) is 0 Å². The Morgan fingerprint density at radius 3 is 1.72 bits per heavy atom. The quantitative estimate of drug-likeness (QED) is 0.324. The van der Waals surface area contributed by atoms with Gasteiger partial charge in [-0.25, -0.2) is 0 Å². The average Bonchev–Trinajstić information content (AvgIpc) is 2.52. The van der Waals surface area contributed by atoms with Gasteiger partial charge in [-0.15, -0.1) is 0 Å². The Morgan fingerprint density at radius 1 is 1.00 bits per heavy atom. The normalized spacial score (nSPS) is 10.0. The van der Waals surface area contributed by atoms with Crippen LogP contribution in [0.15, 0.2) is 54.8 Å². The van der Waals surface area contributed by atoms with Gasteiger partial charge in [0.25, 0.3) is 10.1 Å². The molecule has 0 spiro atoms. The summed E-state index contributed by atoms with van der Waals surface area (Å²) in [4.78, 5) is 21.5. The van der Waals surface area contributed by atoms with Crippen LogP contribution in [0.2, 0.25) is 0 Å². The number of hydrogen-bond donors (Lipinski definition) is 1. The van der Waals surface area contributed by atoms with E-state index in [9.17, 15) is 18.0 Å². The van der Waals surface area contributed by atoms with E-state index >= 15 is 0 Å². The van der Waals surface area contributed by atoms with Crippen LogP contribution in [0.25, 0.3) is 0 Å². The van der Waals surface area contributed by atoms with Gasteiger partial charge in [-0.3, -0.25) is 14.1 Å². The summed E-state index contributed by atoms with van der Waals surface area (Å²) in [7, 11) is -4.02. The second kappa shape index (κ2) is 12.0. The van der Waals surface area contributed by atoms with Crippen molar-refractivity contribution in [1.82, 2.24) is 0 Å². The predicted molar refractivity (Wildman–Crippen MR) is 92.0 cm³/mol. The van der Waals surface area contributed by atoms with Crippen molar-refractivity contribution in [3.8, 4) is 0 Å². The number of carbonyl (C=O) groups is 2. The summed E-state index contributed by atoms with van der Waals surface area (Å²) in [6, 6.07) is 5.99. The Bertz CT molecular complexity index is 651. The molecular formula is C17H22O7S. The van der Waals surface area contributed by atoms with Crippen molar-refractivity contribution in [3.05, 3.63) is 55.5 Å².